The van der Waals surface area contributed by atoms with Crippen LogP contribution in [0.3, 0.4) is 0 Å². The molecule has 1 atom stereocenters. The average Bonchev–Trinajstić information content (AvgIpc) is 2.94. The topological polar surface area (TPSA) is 136 Å². The molecule has 0 saturated heterocycles. The van der Waals surface area contributed by atoms with Crippen molar-refractivity contribution in [2.75, 3.05) is 12.3 Å². The number of hydrogen-bond acceptors (Lipinski definition) is 5. The maximum Gasteiger partial charge on any atom is 0.271 e. The number of nitrogen functional groups attached to an aromatic ring is 1. The fraction of sp³-hybridized carbons (Fsp3) is 0.154. The van der Waals surface area contributed by atoms with E-state index in [9.17, 15) is 14.7 Å². The van der Waals surface area contributed by atoms with Gasteiger partial charge in [0.05, 0.1) is 12.2 Å². The second kappa shape index (κ2) is 6.06. The predicted octanol–water partition coefficient (Wildman–Crippen LogP) is -0.969. The van der Waals surface area contributed by atoms with Crippen molar-refractivity contribution in [2.24, 2.45) is 5.73 Å². The summed E-state index contributed by atoms with van der Waals surface area (Å²) < 4.78 is 1.51. The highest BCUT2D eigenvalue weighted by molar-refractivity contribution is 5.92. The number of primary amides is 1. The van der Waals surface area contributed by atoms with E-state index in [1.54, 1.807) is 30.5 Å². The highest BCUT2D eigenvalue weighted by Gasteiger charge is 2.15. The Balaban J connectivity index is 2.04. The Morgan fingerprint density at radius 2 is 1.95 bits per heavy atom. The number of nitrogens with two attached hydrogens (primary N) is 2. The number of aliphatic hydroxyl groups excluding tert-OH is 1. The van der Waals surface area contributed by atoms with Crippen LogP contribution in [0.1, 0.15) is 10.5 Å². The normalized spacial score (nSPS) is 11.9. The van der Waals surface area contributed by atoms with Gasteiger partial charge in [-0.05, 0) is 30.3 Å². The molecule has 0 bridgehead atoms. The minimum Gasteiger partial charge on any atom is -0.399 e. The quantitative estimate of drug-likeness (QED) is 0.525. The summed E-state index contributed by atoms with van der Waals surface area (Å²) in [6.07, 6.45) is 0.193. The highest BCUT2D eigenvalue weighted by Crippen LogP contribution is 2.10. The molecule has 0 aliphatic carbocycles. The van der Waals surface area contributed by atoms with Crippen LogP contribution in [-0.4, -0.2) is 39.4 Å². The number of carbonyl (C=O) groups excluding carboxylic acids is 2. The van der Waals surface area contributed by atoms with Crippen molar-refractivity contribution < 1.29 is 14.7 Å². The lowest BCUT2D eigenvalue weighted by Gasteiger charge is -2.07. The average molecular weight is 289 g/mol. The van der Waals surface area contributed by atoms with Crippen molar-refractivity contribution in [3.8, 4) is 5.69 Å². The van der Waals surface area contributed by atoms with E-state index in [2.05, 4.69) is 10.4 Å². The number of nitrogens with zero attached hydrogens (tertiary/aromatic N) is 2. The van der Waals surface area contributed by atoms with Gasteiger partial charge < -0.3 is 21.9 Å². The fourth-order valence-corrected chi connectivity index (χ4v) is 1.60. The molecule has 0 fully saturated rings. The summed E-state index contributed by atoms with van der Waals surface area (Å²) in [5, 5.41) is 15.7. The Kier molecular flexibility index (Phi) is 4.19. The first kappa shape index (κ1) is 14.5. The molecule has 1 aromatic heterocycles. The third-order valence-electron chi connectivity index (χ3n) is 2.76. The third-order valence-corrected chi connectivity index (χ3v) is 2.76. The van der Waals surface area contributed by atoms with Crippen LogP contribution in [-0.2, 0) is 4.79 Å². The van der Waals surface area contributed by atoms with Crippen molar-refractivity contribution in [3.63, 3.8) is 0 Å². The molecule has 0 spiro atoms. The molecule has 0 aliphatic heterocycles. The van der Waals surface area contributed by atoms with Crippen LogP contribution in [0.15, 0.2) is 36.5 Å². The van der Waals surface area contributed by atoms with E-state index in [-0.39, 0.29) is 12.2 Å². The summed E-state index contributed by atoms with van der Waals surface area (Å²) in [7, 11) is 0. The van der Waals surface area contributed by atoms with Crippen molar-refractivity contribution in [1.29, 1.82) is 0 Å². The molecule has 2 aromatic rings. The van der Waals surface area contributed by atoms with Crippen LogP contribution in [0.5, 0.6) is 0 Å². The molecular weight excluding hydrogens is 274 g/mol. The molecule has 6 N–H and O–H groups in total. The molecule has 1 heterocycles. The fourth-order valence-electron chi connectivity index (χ4n) is 1.60. The Morgan fingerprint density at radius 3 is 2.57 bits per heavy atom. The molecule has 2 amide bonds. The maximum absolute atomic E-state index is 11.8. The van der Waals surface area contributed by atoms with Crippen LogP contribution in [0.4, 0.5) is 5.69 Å². The second-order valence-electron chi connectivity index (χ2n) is 4.37. The monoisotopic (exact) mass is 289 g/mol. The van der Waals surface area contributed by atoms with Crippen LogP contribution >= 0.6 is 0 Å². The first-order chi connectivity index (χ1) is 9.97. The van der Waals surface area contributed by atoms with Gasteiger partial charge >= 0.3 is 0 Å². The van der Waals surface area contributed by atoms with Crippen LogP contribution in [0.2, 0.25) is 0 Å². The van der Waals surface area contributed by atoms with Crippen LogP contribution in [0, 0.1) is 0 Å². The molecule has 1 unspecified atom stereocenters. The van der Waals surface area contributed by atoms with E-state index in [1.165, 1.54) is 10.7 Å². The van der Waals surface area contributed by atoms with Crippen LogP contribution in [0.25, 0.3) is 5.69 Å². The predicted molar refractivity (Wildman–Crippen MR) is 75.5 cm³/mol. The van der Waals surface area contributed by atoms with Gasteiger partial charge in [0.25, 0.3) is 5.91 Å². The molecule has 8 heteroatoms. The number of anilines is 1. The number of benzene rings is 1. The molecule has 2 rings (SSSR count). The lowest BCUT2D eigenvalue weighted by Crippen LogP contribution is -2.40. The van der Waals surface area contributed by atoms with E-state index < -0.39 is 17.9 Å². The number of aliphatic hydroxyl groups is 1. The molecule has 0 radical (unpaired) electrons. The number of carbonyl (C=O) groups is 2. The van der Waals surface area contributed by atoms with Gasteiger partial charge in [0.2, 0.25) is 5.91 Å². The first-order valence-electron chi connectivity index (χ1n) is 6.14. The Hall–Kier alpha value is -2.87. The van der Waals surface area contributed by atoms with Crippen molar-refractivity contribution >= 4 is 17.5 Å². The van der Waals surface area contributed by atoms with Crippen molar-refractivity contribution in [3.05, 3.63) is 42.2 Å². The zero-order valence-electron chi connectivity index (χ0n) is 11.1. The van der Waals surface area contributed by atoms with Gasteiger partial charge in [-0.1, -0.05) is 0 Å². The maximum atomic E-state index is 11.8. The molecule has 1 aromatic carbocycles. The number of aromatic nitrogens is 2. The summed E-state index contributed by atoms with van der Waals surface area (Å²) in [6.45, 7) is -0.261. The summed E-state index contributed by atoms with van der Waals surface area (Å²) in [5.41, 5.74) is 12.0. The minimum absolute atomic E-state index is 0.156. The second-order valence-corrected chi connectivity index (χ2v) is 4.37. The Morgan fingerprint density at radius 1 is 1.29 bits per heavy atom. The van der Waals surface area contributed by atoms with E-state index in [0.717, 1.165) is 5.69 Å². The van der Waals surface area contributed by atoms with Crippen molar-refractivity contribution in [2.45, 2.75) is 6.10 Å². The largest absolute Gasteiger partial charge is 0.399 e. The van der Waals surface area contributed by atoms with Gasteiger partial charge in [-0.25, -0.2) is 4.68 Å². The number of amides is 2. The lowest BCUT2D eigenvalue weighted by atomic mass is 10.3. The smallest absolute Gasteiger partial charge is 0.271 e. The standard InChI is InChI=1S/C13H15N5O3/c14-8-1-3-9(4-2-8)18-6-5-10(17-18)13(21)16-7-11(19)12(15)20/h1-6,11,19H,7,14H2,(H2,15,20)(H,16,21). The summed E-state index contributed by atoms with van der Waals surface area (Å²) in [6, 6.07) is 8.49. The van der Waals surface area contributed by atoms with Gasteiger partial charge in [-0.15, -0.1) is 0 Å². The highest BCUT2D eigenvalue weighted by atomic mass is 16.3. The summed E-state index contributed by atoms with van der Waals surface area (Å²) >= 11 is 0. The van der Waals surface area contributed by atoms with Gasteiger partial charge in [0.1, 0.15) is 6.10 Å². The molecular formula is C13H15N5O3. The molecule has 8 nitrogen and oxygen atoms in total. The van der Waals surface area contributed by atoms with Crippen LogP contribution < -0.4 is 16.8 Å². The number of hydrogen-bond donors (Lipinski definition) is 4. The zero-order chi connectivity index (χ0) is 15.4. The summed E-state index contributed by atoms with van der Waals surface area (Å²) in [5.74, 6) is -1.41. The first-order valence-corrected chi connectivity index (χ1v) is 6.14. The third kappa shape index (κ3) is 3.57. The molecule has 0 aliphatic rings. The molecule has 0 saturated carbocycles. The number of nitrogens with one attached hydrogen (secondary N) is 1. The zero-order valence-corrected chi connectivity index (χ0v) is 11.1. The SMILES string of the molecule is NC(=O)C(O)CNC(=O)c1ccn(-c2ccc(N)cc2)n1. The Labute approximate surface area is 120 Å². The van der Waals surface area contributed by atoms with Gasteiger partial charge in [-0.3, -0.25) is 9.59 Å². The van der Waals surface area contributed by atoms with Gasteiger partial charge in [0.15, 0.2) is 5.69 Å². The van der Waals surface area contributed by atoms with E-state index in [1.807, 2.05) is 0 Å². The van der Waals surface area contributed by atoms with Gasteiger partial charge in [0, 0.05) is 11.9 Å². The number of rotatable bonds is 5. The lowest BCUT2D eigenvalue weighted by molar-refractivity contribution is -0.125. The van der Waals surface area contributed by atoms with Gasteiger partial charge in [-0.2, -0.15) is 5.10 Å². The summed E-state index contributed by atoms with van der Waals surface area (Å²) in [4.78, 5) is 22.5. The molecule has 21 heavy (non-hydrogen) atoms. The minimum atomic E-state index is -1.42. The van der Waals surface area contributed by atoms with E-state index in [0.29, 0.717) is 5.69 Å². The van der Waals surface area contributed by atoms with E-state index in [4.69, 9.17) is 11.5 Å². The Bertz CT molecular complexity index is 650. The van der Waals surface area contributed by atoms with Crippen molar-refractivity contribution in [1.82, 2.24) is 15.1 Å². The molecule has 110 valence electrons. The van der Waals surface area contributed by atoms with E-state index >= 15 is 0 Å².